The van der Waals surface area contributed by atoms with E-state index in [0.717, 1.165) is 11.1 Å². The van der Waals surface area contributed by atoms with Gasteiger partial charge in [-0.1, -0.05) is 43.8 Å². The molecule has 0 amide bonds. The van der Waals surface area contributed by atoms with Crippen LogP contribution in [0.15, 0.2) is 30.8 Å². The predicted molar refractivity (Wildman–Crippen MR) is 57.2 cm³/mol. The normalized spacial score (nSPS) is 12.1. The number of hydrogen-bond acceptors (Lipinski definition) is 1. The first kappa shape index (κ1) is 10.5. The van der Waals surface area contributed by atoms with Crippen molar-refractivity contribution in [3.8, 4) is 0 Å². The molecule has 1 atom stereocenters. The minimum Gasteiger partial charge on any atom is -0.481 e. The van der Waals surface area contributed by atoms with Gasteiger partial charge in [0.25, 0.3) is 0 Å². The summed E-state index contributed by atoms with van der Waals surface area (Å²) < 4.78 is 0. The number of aliphatic carboxylic acids is 1. The molecule has 1 aromatic carbocycles. The topological polar surface area (TPSA) is 37.3 Å². The summed E-state index contributed by atoms with van der Waals surface area (Å²) in [6.07, 6.45) is 1.92. The van der Waals surface area contributed by atoms with Gasteiger partial charge in [-0.3, -0.25) is 4.79 Å². The molecule has 1 N–H and O–H groups in total. The molecule has 14 heavy (non-hydrogen) atoms. The largest absolute Gasteiger partial charge is 0.481 e. The molecule has 1 unspecified atom stereocenters. The first-order valence-electron chi connectivity index (χ1n) is 4.58. The average molecular weight is 190 g/mol. The van der Waals surface area contributed by atoms with E-state index in [0.29, 0.717) is 0 Å². The molecule has 2 nitrogen and oxygen atoms in total. The zero-order valence-electron chi connectivity index (χ0n) is 8.23. The molecule has 0 radical (unpaired) electrons. The van der Waals surface area contributed by atoms with Gasteiger partial charge in [0.05, 0.1) is 6.42 Å². The Morgan fingerprint density at radius 3 is 2.79 bits per heavy atom. The van der Waals surface area contributed by atoms with Crippen molar-refractivity contribution in [3.05, 3.63) is 42.0 Å². The Kier molecular flexibility index (Phi) is 3.46. The van der Waals surface area contributed by atoms with Crippen LogP contribution >= 0.6 is 0 Å². The van der Waals surface area contributed by atoms with Crippen LogP contribution in [0.25, 0.3) is 6.08 Å². The third kappa shape index (κ3) is 2.46. The van der Waals surface area contributed by atoms with Gasteiger partial charge in [-0.05, 0) is 17.0 Å². The third-order valence-corrected chi connectivity index (χ3v) is 2.23. The maximum atomic E-state index is 10.6. The summed E-state index contributed by atoms with van der Waals surface area (Å²) in [6.45, 7) is 5.62. The van der Waals surface area contributed by atoms with E-state index >= 15 is 0 Å². The number of carbonyl (C=O) groups is 1. The van der Waals surface area contributed by atoms with E-state index in [-0.39, 0.29) is 12.3 Å². The Balaban J connectivity index is 2.93. The van der Waals surface area contributed by atoms with E-state index < -0.39 is 5.97 Å². The summed E-state index contributed by atoms with van der Waals surface area (Å²) in [6, 6.07) is 7.74. The quantitative estimate of drug-likeness (QED) is 0.792. The lowest BCUT2D eigenvalue weighted by atomic mass is 9.93. The van der Waals surface area contributed by atoms with Gasteiger partial charge in [-0.15, -0.1) is 0 Å². The number of carboxylic acid groups (broad SMARTS) is 1. The standard InChI is InChI=1S/C12H14O2/c1-3-10-6-4-5-7-11(10)9(2)8-12(13)14/h3-7,9H,1,8H2,2H3,(H,13,14). The second-order valence-corrected chi connectivity index (χ2v) is 3.33. The summed E-state index contributed by atoms with van der Waals surface area (Å²) in [4.78, 5) is 10.6. The molecule has 0 heterocycles. The van der Waals surface area contributed by atoms with Crippen molar-refractivity contribution in [2.45, 2.75) is 19.3 Å². The fourth-order valence-electron chi connectivity index (χ4n) is 1.52. The van der Waals surface area contributed by atoms with E-state index in [2.05, 4.69) is 6.58 Å². The maximum Gasteiger partial charge on any atom is 0.303 e. The minimum atomic E-state index is -0.767. The molecule has 0 aliphatic carbocycles. The SMILES string of the molecule is C=Cc1ccccc1C(C)CC(=O)O. The molecular formula is C12H14O2. The van der Waals surface area contributed by atoms with Crippen molar-refractivity contribution in [2.75, 3.05) is 0 Å². The van der Waals surface area contributed by atoms with Crippen molar-refractivity contribution in [1.29, 1.82) is 0 Å². The fraction of sp³-hybridized carbons (Fsp3) is 0.250. The molecule has 0 bridgehead atoms. The summed E-state index contributed by atoms with van der Waals surface area (Å²) in [5.41, 5.74) is 2.06. The van der Waals surface area contributed by atoms with Gasteiger partial charge in [0.2, 0.25) is 0 Å². The fourth-order valence-corrected chi connectivity index (χ4v) is 1.52. The van der Waals surface area contributed by atoms with Crippen molar-refractivity contribution in [3.63, 3.8) is 0 Å². The lowest BCUT2D eigenvalue weighted by Gasteiger charge is -2.11. The Bertz CT molecular complexity index is 342. The highest BCUT2D eigenvalue weighted by Crippen LogP contribution is 2.23. The monoisotopic (exact) mass is 190 g/mol. The predicted octanol–water partition coefficient (Wildman–Crippen LogP) is 2.91. The first-order valence-corrected chi connectivity index (χ1v) is 4.58. The molecule has 0 aliphatic rings. The van der Waals surface area contributed by atoms with Gasteiger partial charge in [0.1, 0.15) is 0 Å². The number of hydrogen-bond donors (Lipinski definition) is 1. The van der Waals surface area contributed by atoms with Gasteiger partial charge >= 0.3 is 5.97 Å². The molecule has 0 fully saturated rings. The van der Waals surface area contributed by atoms with E-state index in [4.69, 9.17) is 5.11 Å². The smallest absolute Gasteiger partial charge is 0.303 e. The molecule has 1 rings (SSSR count). The van der Waals surface area contributed by atoms with Crippen LogP contribution in [-0.2, 0) is 4.79 Å². The van der Waals surface area contributed by atoms with Gasteiger partial charge < -0.3 is 5.11 Å². The van der Waals surface area contributed by atoms with Gasteiger partial charge in [0, 0.05) is 0 Å². The molecule has 0 saturated heterocycles. The van der Waals surface area contributed by atoms with E-state index in [1.807, 2.05) is 31.2 Å². The summed E-state index contributed by atoms with van der Waals surface area (Å²) in [7, 11) is 0. The first-order chi connectivity index (χ1) is 6.65. The Morgan fingerprint density at radius 1 is 1.57 bits per heavy atom. The van der Waals surface area contributed by atoms with E-state index in [1.54, 1.807) is 6.08 Å². The van der Waals surface area contributed by atoms with Crippen LogP contribution < -0.4 is 0 Å². The van der Waals surface area contributed by atoms with Crippen LogP contribution in [0.2, 0.25) is 0 Å². The summed E-state index contributed by atoms with van der Waals surface area (Å²) >= 11 is 0. The molecule has 1 aromatic rings. The van der Waals surface area contributed by atoms with Gasteiger partial charge in [-0.2, -0.15) is 0 Å². The zero-order valence-corrected chi connectivity index (χ0v) is 8.23. The van der Waals surface area contributed by atoms with E-state index in [9.17, 15) is 4.79 Å². The van der Waals surface area contributed by atoms with Crippen LogP contribution in [-0.4, -0.2) is 11.1 Å². The highest BCUT2D eigenvalue weighted by Gasteiger charge is 2.11. The molecule has 0 spiro atoms. The average Bonchev–Trinajstić information content (AvgIpc) is 2.16. The van der Waals surface area contributed by atoms with Crippen molar-refractivity contribution in [1.82, 2.24) is 0 Å². The Hall–Kier alpha value is -1.57. The lowest BCUT2D eigenvalue weighted by molar-refractivity contribution is -0.137. The van der Waals surface area contributed by atoms with Crippen LogP contribution in [0, 0.1) is 0 Å². The van der Waals surface area contributed by atoms with Crippen LogP contribution in [0.4, 0.5) is 0 Å². The van der Waals surface area contributed by atoms with E-state index in [1.165, 1.54) is 0 Å². The number of carboxylic acids is 1. The Labute approximate surface area is 83.9 Å². The van der Waals surface area contributed by atoms with Crippen molar-refractivity contribution >= 4 is 12.0 Å². The number of rotatable bonds is 4. The van der Waals surface area contributed by atoms with Gasteiger partial charge in [-0.25, -0.2) is 0 Å². The molecular weight excluding hydrogens is 176 g/mol. The Morgan fingerprint density at radius 2 is 2.21 bits per heavy atom. The zero-order chi connectivity index (χ0) is 10.6. The summed E-state index contributed by atoms with van der Waals surface area (Å²) in [5.74, 6) is -0.738. The van der Waals surface area contributed by atoms with Crippen LogP contribution in [0.5, 0.6) is 0 Å². The lowest BCUT2D eigenvalue weighted by Crippen LogP contribution is -2.04. The highest BCUT2D eigenvalue weighted by atomic mass is 16.4. The second kappa shape index (κ2) is 4.61. The minimum absolute atomic E-state index is 0.0294. The third-order valence-electron chi connectivity index (χ3n) is 2.23. The maximum absolute atomic E-state index is 10.6. The van der Waals surface area contributed by atoms with Gasteiger partial charge in [0.15, 0.2) is 0 Å². The molecule has 0 saturated carbocycles. The van der Waals surface area contributed by atoms with Crippen molar-refractivity contribution < 1.29 is 9.90 Å². The highest BCUT2D eigenvalue weighted by molar-refractivity contribution is 5.68. The molecule has 0 aliphatic heterocycles. The van der Waals surface area contributed by atoms with Crippen LogP contribution in [0.1, 0.15) is 30.4 Å². The van der Waals surface area contributed by atoms with Crippen molar-refractivity contribution in [2.24, 2.45) is 0 Å². The molecule has 0 aromatic heterocycles. The summed E-state index contributed by atoms with van der Waals surface area (Å²) in [5, 5.41) is 8.68. The molecule has 2 heteroatoms. The number of benzene rings is 1. The molecule has 74 valence electrons. The van der Waals surface area contributed by atoms with Crippen LogP contribution in [0.3, 0.4) is 0 Å². The second-order valence-electron chi connectivity index (χ2n) is 3.33.